The van der Waals surface area contributed by atoms with Gasteiger partial charge in [0.25, 0.3) is 0 Å². The number of ether oxygens (including phenoxy) is 1. The number of benzene rings is 1. The van der Waals surface area contributed by atoms with Crippen LogP contribution in [0.2, 0.25) is 0 Å². The maximum Gasteiger partial charge on any atom is 0.339 e. The van der Waals surface area contributed by atoms with Crippen molar-refractivity contribution >= 4 is 5.78 Å². The molecule has 1 aliphatic rings. The summed E-state index contributed by atoms with van der Waals surface area (Å²) in [5, 5.41) is 19.9. The largest absolute Gasteiger partial charge is 0.508 e. The standard InChI is InChI=1S/C18H18O6/c1-2-6-18(22)10-14(20)17-11(4-3-5-15(17)24-18)7-13-8-12(19)9-16(21)23-13/h3-5,8-9,19,22H,2,6-7,10H2,1H3. The van der Waals surface area contributed by atoms with Gasteiger partial charge in [-0.25, -0.2) is 4.79 Å². The van der Waals surface area contributed by atoms with Gasteiger partial charge in [0.1, 0.15) is 17.3 Å². The van der Waals surface area contributed by atoms with Gasteiger partial charge < -0.3 is 19.4 Å². The van der Waals surface area contributed by atoms with Crippen LogP contribution in [0.5, 0.6) is 11.5 Å². The molecule has 1 unspecified atom stereocenters. The van der Waals surface area contributed by atoms with Crippen LogP contribution in [0.4, 0.5) is 0 Å². The molecule has 6 heteroatoms. The molecule has 2 aromatic rings. The van der Waals surface area contributed by atoms with Crippen molar-refractivity contribution in [3.63, 3.8) is 0 Å². The van der Waals surface area contributed by atoms with Crippen LogP contribution in [-0.4, -0.2) is 21.8 Å². The van der Waals surface area contributed by atoms with E-state index in [1.165, 1.54) is 6.07 Å². The van der Waals surface area contributed by atoms with Crippen LogP contribution in [0.25, 0.3) is 0 Å². The Hall–Kier alpha value is -2.60. The zero-order valence-electron chi connectivity index (χ0n) is 13.2. The van der Waals surface area contributed by atoms with Gasteiger partial charge in [0.15, 0.2) is 5.78 Å². The minimum absolute atomic E-state index is 0.116. The molecular weight excluding hydrogens is 312 g/mol. The summed E-state index contributed by atoms with van der Waals surface area (Å²) < 4.78 is 10.7. The maximum absolute atomic E-state index is 12.5. The van der Waals surface area contributed by atoms with Crippen molar-refractivity contribution < 1.29 is 24.2 Å². The summed E-state index contributed by atoms with van der Waals surface area (Å²) >= 11 is 0. The minimum atomic E-state index is -1.48. The van der Waals surface area contributed by atoms with Crippen molar-refractivity contribution in [2.75, 3.05) is 0 Å². The lowest BCUT2D eigenvalue weighted by Gasteiger charge is -2.33. The number of Topliss-reactive ketones (excluding diaryl/α,β-unsaturated/α-hetero) is 1. The maximum atomic E-state index is 12.5. The predicted molar refractivity (Wildman–Crippen MR) is 85.3 cm³/mol. The van der Waals surface area contributed by atoms with E-state index in [1.54, 1.807) is 18.2 Å². The van der Waals surface area contributed by atoms with Gasteiger partial charge in [0, 0.05) is 18.9 Å². The Morgan fingerprint density at radius 2 is 2.04 bits per heavy atom. The number of hydrogen-bond donors (Lipinski definition) is 2. The Morgan fingerprint density at radius 3 is 2.75 bits per heavy atom. The normalized spacial score (nSPS) is 19.7. The number of rotatable bonds is 4. The molecule has 1 aromatic heterocycles. The SMILES string of the molecule is CCCC1(O)CC(=O)c2c(Cc3cc(O)cc(=O)o3)cccc2O1. The van der Waals surface area contributed by atoms with Gasteiger partial charge in [-0.3, -0.25) is 4.79 Å². The number of carbonyl (C=O) groups excluding carboxylic acids is 1. The molecule has 0 fully saturated rings. The highest BCUT2D eigenvalue weighted by Crippen LogP contribution is 2.36. The first-order chi connectivity index (χ1) is 11.4. The second kappa shape index (κ2) is 6.13. The van der Waals surface area contributed by atoms with Gasteiger partial charge >= 0.3 is 5.63 Å². The highest BCUT2D eigenvalue weighted by atomic mass is 16.6. The van der Waals surface area contributed by atoms with Crippen LogP contribution in [0, 0.1) is 0 Å². The summed E-state index contributed by atoms with van der Waals surface area (Å²) in [6, 6.07) is 7.38. The number of aromatic hydroxyl groups is 1. The van der Waals surface area contributed by atoms with E-state index in [-0.39, 0.29) is 30.1 Å². The zero-order chi connectivity index (χ0) is 17.3. The number of carbonyl (C=O) groups is 1. The van der Waals surface area contributed by atoms with Crippen LogP contribution in [0.1, 0.15) is 47.9 Å². The fourth-order valence-corrected chi connectivity index (χ4v) is 3.03. The van der Waals surface area contributed by atoms with Crippen LogP contribution < -0.4 is 10.4 Å². The van der Waals surface area contributed by atoms with Gasteiger partial charge in [-0.1, -0.05) is 19.1 Å². The molecule has 0 saturated heterocycles. The fraction of sp³-hybridized carbons (Fsp3) is 0.333. The summed E-state index contributed by atoms with van der Waals surface area (Å²) in [4.78, 5) is 23.9. The third kappa shape index (κ3) is 3.19. The van der Waals surface area contributed by atoms with E-state index >= 15 is 0 Å². The number of hydrogen-bond acceptors (Lipinski definition) is 6. The summed E-state index contributed by atoms with van der Waals surface area (Å²) in [6.45, 7) is 1.90. The molecule has 0 aliphatic carbocycles. The first-order valence-electron chi connectivity index (χ1n) is 7.80. The first-order valence-corrected chi connectivity index (χ1v) is 7.80. The molecule has 1 atom stereocenters. The van der Waals surface area contributed by atoms with Gasteiger partial charge in [-0.2, -0.15) is 0 Å². The Labute approximate surface area is 138 Å². The van der Waals surface area contributed by atoms with Crippen LogP contribution in [0.3, 0.4) is 0 Å². The van der Waals surface area contributed by atoms with Crippen LogP contribution in [0.15, 0.2) is 39.5 Å². The lowest BCUT2D eigenvalue weighted by molar-refractivity contribution is -0.144. The van der Waals surface area contributed by atoms with E-state index in [2.05, 4.69) is 0 Å². The summed E-state index contributed by atoms with van der Waals surface area (Å²) in [5.74, 6) is -1.32. The quantitative estimate of drug-likeness (QED) is 0.893. The van der Waals surface area contributed by atoms with Crippen LogP contribution >= 0.6 is 0 Å². The van der Waals surface area contributed by atoms with Gasteiger partial charge in [-0.15, -0.1) is 0 Å². The van der Waals surface area contributed by atoms with E-state index in [4.69, 9.17) is 9.15 Å². The number of ketones is 1. The molecule has 1 aliphatic heterocycles. The molecule has 2 heterocycles. The van der Waals surface area contributed by atoms with Crippen molar-refractivity contribution in [2.24, 2.45) is 0 Å². The number of aliphatic hydroxyl groups is 1. The second-order valence-electron chi connectivity index (χ2n) is 5.97. The highest BCUT2D eigenvalue weighted by molar-refractivity contribution is 6.01. The summed E-state index contributed by atoms with van der Waals surface area (Å²) in [7, 11) is 0. The van der Waals surface area contributed by atoms with Crippen molar-refractivity contribution in [3.8, 4) is 11.5 Å². The van der Waals surface area contributed by atoms with Crippen molar-refractivity contribution in [3.05, 3.63) is 57.6 Å². The van der Waals surface area contributed by atoms with Crippen molar-refractivity contribution in [1.82, 2.24) is 0 Å². The summed E-state index contributed by atoms with van der Waals surface area (Å²) in [6.07, 6.45) is 1.10. The average Bonchev–Trinajstić information content (AvgIpc) is 2.45. The molecule has 0 radical (unpaired) electrons. The molecule has 3 rings (SSSR count). The van der Waals surface area contributed by atoms with Crippen molar-refractivity contribution in [2.45, 2.75) is 38.4 Å². The monoisotopic (exact) mass is 330 g/mol. The third-order valence-electron chi connectivity index (χ3n) is 3.94. The molecular formula is C18H18O6. The molecule has 6 nitrogen and oxygen atoms in total. The van der Waals surface area contributed by atoms with E-state index in [0.29, 0.717) is 29.7 Å². The molecule has 0 bridgehead atoms. The Kier molecular flexibility index (Phi) is 4.15. The van der Waals surface area contributed by atoms with Crippen molar-refractivity contribution in [1.29, 1.82) is 0 Å². The number of fused-ring (bicyclic) bond motifs is 1. The predicted octanol–water partition coefficient (Wildman–Crippen LogP) is 2.39. The summed E-state index contributed by atoms with van der Waals surface area (Å²) in [5.41, 5.74) is 0.337. The molecule has 0 amide bonds. The Balaban J connectivity index is 1.98. The molecule has 0 saturated carbocycles. The first kappa shape index (κ1) is 16.3. The van der Waals surface area contributed by atoms with Gasteiger partial charge in [0.05, 0.1) is 18.1 Å². The Morgan fingerprint density at radius 1 is 1.25 bits per heavy atom. The van der Waals surface area contributed by atoms with Crippen LogP contribution in [-0.2, 0) is 6.42 Å². The highest BCUT2D eigenvalue weighted by Gasteiger charge is 2.39. The lowest BCUT2D eigenvalue weighted by atomic mass is 9.91. The van der Waals surface area contributed by atoms with E-state index in [1.807, 2.05) is 6.92 Å². The van der Waals surface area contributed by atoms with E-state index in [0.717, 1.165) is 6.07 Å². The van der Waals surface area contributed by atoms with Gasteiger partial charge in [-0.05, 0) is 18.1 Å². The Bertz CT molecular complexity index is 838. The fourth-order valence-electron chi connectivity index (χ4n) is 3.03. The molecule has 0 spiro atoms. The molecule has 1 aromatic carbocycles. The third-order valence-corrected chi connectivity index (χ3v) is 3.94. The second-order valence-corrected chi connectivity index (χ2v) is 5.97. The topological polar surface area (TPSA) is 97.0 Å². The minimum Gasteiger partial charge on any atom is -0.508 e. The lowest BCUT2D eigenvalue weighted by Crippen LogP contribution is -2.42. The van der Waals surface area contributed by atoms with E-state index in [9.17, 15) is 19.8 Å². The average molecular weight is 330 g/mol. The van der Waals surface area contributed by atoms with Gasteiger partial charge in [0.2, 0.25) is 5.79 Å². The zero-order valence-corrected chi connectivity index (χ0v) is 13.2. The molecule has 126 valence electrons. The smallest absolute Gasteiger partial charge is 0.339 e. The van der Waals surface area contributed by atoms with E-state index < -0.39 is 11.4 Å². The molecule has 24 heavy (non-hydrogen) atoms. The molecule has 2 N–H and O–H groups in total.